The Balaban J connectivity index is 1.97. The number of hydrogen-bond acceptors (Lipinski definition) is 3. The summed E-state index contributed by atoms with van der Waals surface area (Å²) in [5.41, 5.74) is 1.34. The van der Waals surface area contributed by atoms with Gasteiger partial charge in [0.1, 0.15) is 5.41 Å². The average molecular weight is 311 g/mol. The molecule has 5 nitrogen and oxygen atoms in total. The summed E-state index contributed by atoms with van der Waals surface area (Å²) >= 11 is 0. The minimum absolute atomic E-state index is 0.293. The molecule has 1 aromatic carbocycles. The first-order valence-corrected chi connectivity index (χ1v) is 7.46. The topological polar surface area (TPSA) is 71.1 Å². The van der Waals surface area contributed by atoms with E-state index in [2.05, 4.69) is 15.6 Å². The van der Waals surface area contributed by atoms with Crippen molar-refractivity contribution in [1.82, 2.24) is 10.3 Å². The Kier molecular flexibility index (Phi) is 5.11. The van der Waals surface area contributed by atoms with Crippen molar-refractivity contribution in [3.05, 3.63) is 59.9 Å². The Morgan fingerprint density at radius 3 is 2.35 bits per heavy atom. The van der Waals surface area contributed by atoms with Crippen LogP contribution < -0.4 is 10.6 Å². The van der Waals surface area contributed by atoms with Gasteiger partial charge < -0.3 is 10.6 Å². The summed E-state index contributed by atoms with van der Waals surface area (Å²) in [6, 6.07) is 12.9. The number of anilines is 1. The quantitative estimate of drug-likeness (QED) is 0.834. The molecule has 0 radical (unpaired) electrons. The Morgan fingerprint density at radius 1 is 1.04 bits per heavy atom. The second-order valence-electron chi connectivity index (χ2n) is 5.95. The van der Waals surface area contributed by atoms with Crippen LogP contribution in [0.4, 0.5) is 5.69 Å². The lowest BCUT2D eigenvalue weighted by atomic mass is 9.91. The molecule has 0 atom stereocenters. The monoisotopic (exact) mass is 311 g/mol. The van der Waals surface area contributed by atoms with Crippen LogP contribution in [0.15, 0.2) is 48.7 Å². The van der Waals surface area contributed by atoms with Crippen molar-refractivity contribution in [2.24, 2.45) is 5.41 Å². The second kappa shape index (κ2) is 7.05. The standard InChI is InChI=1S/C18H21N3O2/c1-13-7-9-14(10-8-13)21-17(23)18(2,3)16(22)20-12-15-6-4-5-11-19-15/h4-11H,12H2,1-3H3,(H,20,22)(H,21,23). The number of rotatable bonds is 5. The van der Waals surface area contributed by atoms with E-state index in [0.29, 0.717) is 12.2 Å². The third kappa shape index (κ3) is 4.39. The lowest BCUT2D eigenvalue weighted by Crippen LogP contribution is -2.44. The van der Waals surface area contributed by atoms with Crippen LogP contribution in [0, 0.1) is 12.3 Å². The number of nitrogens with one attached hydrogen (secondary N) is 2. The van der Waals surface area contributed by atoms with Gasteiger partial charge in [-0.05, 0) is 45.0 Å². The van der Waals surface area contributed by atoms with E-state index in [1.165, 1.54) is 0 Å². The van der Waals surface area contributed by atoms with E-state index in [0.717, 1.165) is 11.3 Å². The molecule has 0 saturated carbocycles. The highest BCUT2D eigenvalue weighted by atomic mass is 16.2. The van der Waals surface area contributed by atoms with Gasteiger partial charge in [0.2, 0.25) is 11.8 Å². The van der Waals surface area contributed by atoms with E-state index >= 15 is 0 Å². The smallest absolute Gasteiger partial charge is 0.239 e. The first-order valence-electron chi connectivity index (χ1n) is 7.46. The second-order valence-corrected chi connectivity index (χ2v) is 5.95. The van der Waals surface area contributed by atoms with Gasteiger partial charge >= 0.3 is 0 Å². The third-order valence-corrected chi connectivity index (χ3v) is 3.60. The molecule has 0 fully saturated rings. The molecule has 0 aliphatic heterocycles. The predicted octanol–water partition coefficient (Wildman–Crippen LogP) is 2.67. The van der Waals surface area contributed by atoms with E-state index in [9.17, 15) is 9.59 Å². The van der Waals surface area contributed by atoms with E-state index in [1.807, 2.05) is 49.4 Å². The predicted molar refractivity (Wildman–Crippen MR) is 89.7 cm³/mol. The van der Waals surface area contributed by atoms with Crippen LogP contribution >= 0.6 is 0 Å². The Morgan fingerprint density at radius 2 is 1.74 bits per heavy atom. The maximum Gasteiger partial charge on any atom is 0.239 e. The number of aryl methyl sites for hydroxylation is 1. The summed E-state index contributed by atoms with van der Waals surface area (Å²) in [6.07, 6.45) is 1.66. The van der Waals surface area contributed by atoms with Gasteiger partial charge in [-0.3, -0.25) is 14.6 Å². The van der Waals surface area contributed by atoms with Crippen molar-refractivity contribution in [3.63, 3.8) is 0 Å². The molecule has 0 bridgehead atoms. The van der Waals surface area contributed by atoms with E-state index in [-0.39, 0.29) is 11.8 Å². The molecule has 120 valence electrons. The fourth-order valence-electron chi connectivity index (χ4n) is 1.92. The SMILES string of the molecule is Cc1ccc(NC(=O)C(C)(C)C(=O)NCc2ccccn2)cc1. The molecule has 2 aromatic rings. The van der Waals surface area contributed by atoms with Gasteiger partial charge in [-0.2, -0.15) is 0 Å². The number of pyridine rings is 1. The lowest BCUT2D eigenvalue weighted by Gasteiger charge is -2.22. The van der Waals surface area contributed by atoms with Crippen molar-refractivity contribution in [2.75, 3.05) is 5.32 Å². The summed E-state index contributed by atoms with van der Waals surface area (Å²) in [7, 11) is 0. The number of amides is 2. The summed E-state index contributed by atoms with van der Waals surface area (Å²) in [4.78, 5) is 28.8. The Bertz CT molecular complexity index is 679. The highest BCUT2D eigenvalue weighted by Crippen LogP contribution is 2.19. The van der Waals surface area contributed by atoms with E-state index in [1.54, 1.807) is 20.0 Å². The number of benzene rings is 1. The van der Waals surface area contributed by atoms with Gasteiger partial charge in [0.15, 0.2) is 0 Å². The van der Waals surface area contributed by atoms with Crippen molar-refractivity contribution >= 4 is 17.5 Å². The zero-order valence-corrected chi connectivity index (χ0v) is 13.6. The molecule has 1 heterocycles. The minimum Gasteiger partial charge on any atom is -0.350 e. The van der Waals surface area contributed by atoms with Crippen LogP contribution in [-0.2, 0) is 16.1 Å². The Labute approximate surface area is 136 Å². The van der Waals surface area contributed by atoms with Crippen LogP contribution in [0.5, 0.6) is 0 Å². The van der Waals surface area contributed by atoms with Crippen LogP contribution in [0.1, 0.15) is 25.1 Å². The van der Waals surface area contributed by atoms with Crippen LogP contribution in [0.25, 0.3) is 0 Å². The highest BCUT2D eigenvalue weighted by Gasteiger charge is 2.35. The fraction of sp³-hybridized carbons (Fsp3) is 0.278. The largest absolute Gasteiger partial charge is 0.350 e. The zero-order chi connectivity index (χ0) is 16.9. The molecule has 2 rings (SSSR count). The van der Waals surface area contributed by atoms with E-state index in [4.69, 9.17) is 0 Å². The summed E-state index contributed by atoms with van der Waals surface area (Å²) in [5.74, 6) is -0.687. The number of carbonyl (C=O) groups excluding carboxylic acids is 2. The maximum atomic E-state index is 12.4. The van der Waals surface area contributed by atoms with E-state index < -0.39 is 5.41 Å². The number of hydrogen-bond donors (Lipinski definition) is 2. The summed E-state index contributed by atoms with van der Waals surface area (Å²) in [6.45, 7) is 5.47. The zero-order valence-electron chi connectivity index (χ0n) is 13.6. The molecule has 2 N–H and O–H groups in total. The lowest BCUT2D eigenvalue weighted by molar-refractivity contribution is -0.138. The van der Waals surface area contributed by atoms with Crippen molar-refractivity contribution in [1.29, 1.82) is 0 Å². The molecular weight excluding hydrogens is 290 g/mol. The molecule has 5 heteroatoms. The first-order chi connectivity index (χ1) is 10.9. The molecule has 2 amide bonds. The molecule has 0 saturated heterocycles. The summed E-state index contributed by atoms with van der Waals surface area (Å²) in [5, 5.41) is 5.53. The van der Waals surface area contributed by atoms with Gasteiger partial charge in [0, 0.05) is 11.9 Å². The number of aromatic nitrogens is 1. The maximum absolute atomic E-state index is 12.4. The third-order valence-electron chi connectivity index (χ3n) is 3.60. The van der Waals surface area contributed by atoms with Gasteiger partial charge in [-0.15, -0.1) is 0 Å². The fourth-order valence-corrected chi connectivity index (χ4v) is 1.92. The first kappa shape index (κ1) is 16.7. The average Bonchev–Trinajstić information content (AvgIpc) is 2.55. The van der Waals surface area contributed by atoms with Gasteiger partial charge in [-0.25, -0.2) is 0 Å². The summed E-state index contributed by atoms with van der Waals surface area (Å²) < 4.78 is 0. The molecule has 1 aromatic heterocycles. The number of carbonyl (C=O) groups is 2. The Hall–Kier alpha value is -2.69. The molecule has 0 spiro atoms. The van der Waals surface area contributed by atoms with Crippen molar-refractivity contribution in [3.8, 4) is 0 Å². The van der Waals surface area contributed by atoms with Gasteiger partial charge in [-0.1, -0.05) is 23.8 Å². The molecule has 23 heavy (non-hydrogen) atoms. The number of nitrogens with zero attached hydrogens (tertiary/aromatic N) is 1. The highest BCUT2D eigenvalue weighted by molar-refractivity contribution is 6.09. The van der Waals surface area contributed by atoms with Crippen LogP contribution in [-0.4, -0.2) is 16.8 Å². The van der Waals surface area contributed by atoms with Crippen molar-refractivity contribution < 1.29 is 9.59 Å². The minimum atomic E-state index is -1.18. The molecular formula is C18H21N3O2. The molecule has 0 aliphatic rings. The van der Waals surface area contributed by atoms with Gasteiger partial charge in [0.05, 0.1) is 12.2 Å². The van der Waals surface area contributed by atoms with Crippen LogP contribution in [0.2, 0.25) is 0 Å². The molecule has 0 aliphatic carbocycles. The van der Waals surface area contributed by atoms with Crippen LogP contribution in [0.3, 0.4) is 0 Å². The van der Waals surface area contributed by atoms with Crippen molar-refractivity contribution in [2.45, 2.75) is 27.3 Å². The molecule has 0 unspecified atom stereocenters. The normalized spacial score (nSPS) is 10.9. The van der Waals surface area contributed by atoms with Gasteiger partial charge in [0.25, 0.3) is 0 Å².